The van der Waals surface area contributed by atoms with E-state index < -0.39 is 0 Å². The van der Waals surface area contributed by atoms with Crippen molar-refractivity contribution < 1.29 is 9.90 Å². The fraction of sp³-hybridized carbons (Fsp3) is 0.241. The van der Waals surface area contributed by atoms with Crippen LogP contribution in [0.25, 0.3) is 6.08 Å². The van der Waals surface area contributed by atoms with Gasteiger partial charge in [-0.1, -0.05) is 42.8 Å². The van der Waals surface area contributed by atoms with Gasteiger partial charge in [0.05, 0.1) is 23.6 Å². The van der Waals surface area contributed by atoms with E-state index in [0.29, 0.717) is 17.5 Å². The number of para-hydroxylation sites is 1. The highest BCUT2D eigenvalue weighted by Gasteiger charge is 2.42. The predicted octanol–water partition coefficient (Wildman–Crippen LogP) is 5.77. The van der Waals surface area contributed by atoms with Gasteiger partial charge in [0.25, 0.3) is 5.91 Å². The smallest absolute Gasteiger partial charge is 0.280 e. The monoisotopic (exact) mass is 449 g/mol. The SMILES string of the molecule is CC1=NN(c2ccccc2)C(=O)/C1=C\c1ccc2c(c1)C1CCCC1N2c1ccc(CO)cc1. The standard InChI is InChI=1S/C29H27N3O2/c1-19-25(29(34)32(30-19)23-6-3-2-4-7-23)16-21-12-15-28-26(17-21)24-8-5-9-27(24)31(28)22-13-10-20(18-33)11-14-22/h2-4,6-7,10-17,24,27,33H,5,8-9,18H2,1H3/b25-16-. The van der Waals surface area contributed by atoms with Crippen LogP contribution in [-0.4, -0.2) is 22.8 Å². The lowest BCUT2D eigenvalue weighted by molar-refractivity contribution is -0.114. The van der Waals surface area contributed by atoms with Crippen molar-refractivity contribution in [1.82, 2.24) is 0 Å². The highest BCUT2D eigenvalue weighted by molar-refractivity contribution is 6.32. The number of anilines is 3. The first-order chi connectivity index (χ1) is 16.6. The van der Waals surface area contributed by atoms with E-state index in [9.17, 15) is 9.90 Å². The number of hydrogen-bond acceptors (Lipinski definition) is 4. The van der Waals surface area contributed by atoms with Crippen LogP contribution in [0.15, 0.2) is 83.5 Å². The predicted molar refractivity (Wildman–Crippen MR) is 136 cm³/mol. The maximum atomic E-state index is 13.1. The molecule has 3 aromatic rings. The lowest BCUT2D eigenvalue weighted by Crippen LogP contribution is -2.26. The first kappa shape index (κ1) is 20.9. The summed E-state index contributed by atoms with van der Waals surface area (Å²) in [5.41, 5.74) is 7.91. The van der Waals surface area contributed by atoms with Crippen molar-refractivity contribution >= 4 is 34.8 Å². The molecule has 0 saturated heterocycles. The number of carbonyl (C=O) groups is 1. The van der Waals surface area contributed by atoms with Gasteiger partial charge in [0.15, 0.2) is 0 Å². The van der Waals surface area contributed by atoms with Crippen LogP contribution in [0, 0.1) is 0 Å². The average molecular weight is 450 g/mol. The number of amides is 1. The molecule has 0 radical (unpaired) electrons. The van der Waals surface area contributed by atoms with Crippen LogP contribution in [0.3, 0.4) is 0 Å². The van der Waals surface area contributed by atoms with Crippen molar-refractivity contribution in [2.45, 2.75) is 44.8 Å². The second kappa shape index (κ2) is 8.26. The van der Waals surface area contributed by atoms with Crippen LogP contribution in [0.4, 0.5) is 17.1 Å². The van der Waals surface area contributed by atoms with E-state index in [4.69, 9.17) is 0 Å². The summed E-state index contributed by atoms with van der Waals surface area (Å²) in [6.45, 7) is 1.95. The van der Waals surface area contributed by atoms with Crippen molar-refractivity contribution in [2.75, 3.05) is 9.91 Å². The van der Waals surface area contributed by atoms with E-state index >= 15 is 0 Å². The molecule has 3 aromatic carbocycles. The zero-order valence-corrected chi connectivity index (χ0v) is 19.2. The number of rotatable bonds is 4. The van der Waals surface area contributed by atoms with Gasteiger partial charge in [-0.2, -0.15) is 10.1 Å². The molecule has 1 amide bonds. The zero-order chi connectivity index (χ0) is 23.2. The van der Waals surface area contributed by atoms with Gasteiger partial charge >= 0.3 is 0 Å². The van der Waals surface area contributed by atoms with Gasteiger partial charge in [0.1, 0.15) is 0 Å². The lowest BCUT2D eigenvalue weighted by Gasteiger charge is -2.27. The molecule has 1 aliphatic carbocycles. The van der Waals surface area contributed by atoms with Gasteiger partial charge < -0.3 is 10.0 Å². The summed E-state index contributed by atoms with van der Waals surface area (Å²) in [4.78, 5) is 15.6. The molecule has 5 nitrogen and oxygen atoms in total. The molecule has 2 unspecified atom stereocenters. The Bertz CT molecular complexity index is 1310. The lowest BCUT2D eigenvalue weighted by atomic mass is 9.95. The Labute approximate surface area is 199 Å². The summed E-state index contributed by atoms with van der Waals surface area (Å²) in [6, 6.07) is 24.8. The van der Waals surface area contributed by atoms with Crippen LogP contribution in [0.5, 0.6) is 0 Å². The van der Waals surface area contributed by atoms with E-state index in [-0.39, 0.29) is 12.5 Å². The summed E-state index contributed by atoms with van der Waals surface area (Å²) >= 11 is 0. The normalized spacial score (nSPS) is 22.4. The fourth-order valence-corrected chi connectivity index (χ4v) is 5.66. The number of benzene rings is 3. The third kappa shape index (κ3) is 3.35. The molecule has 2 atom stereocenters. The molecule has 3 aliphatic rings. The van der Waals surface area contributed by atoms with Crippen molar-refractivity contribution in [2.24, 2.45) is 5.10 Å². The molecule has 0 bridgehead atoms. The minimum absolute atomic E-state index is 0.0596. The Hall–Kier alpha value is -3.70. The molecule has 1 N–H and O–H groups in total. The van der Waals surface area contributed by atoms with Gasteiger partial charge in [0, 0.05) is 23.3 Å². The van der Waals surface area contributed by atoms with E-state index in [1.807, 2.05) is 55.5 Å². The first-order valence-corrected chi connectivity index (χ1v) is 11.9. The first-order valence-electron chi connectivity index (χ1n) is 11.9. The Morgan fingerprint density at radius 2 is 1.79 bits per heavy atom. The summed E-state index contributed by atoms with van der Waals surface area (Å²) < 4.78 is 0. The zero-order valence-electron chi connectivity index (χ0n) is 19.2. The molecule has 170 valence electrons. The molecular formula is C29H27N3O2. The molecule has 0 aromatic heterocycles. The third-order valence-electron chi connectivity index (χ3n) is 7.29. The average Bonchev–Trinajstić information content (AvgIpc) is 3.54. The highest BCUT2D eigenvalue weighted by Crippen LogP contribution is 2.52. The summed E-state index contributed by atoms with van der Waals surface area (Å²) in [5, 5.41) is 15.4. The van der Waals surface area contributed by atoms with E-state index in [2.05, 4.69) is 40.3 Å². The second-order valence-corrected chi connectivity index (χ2v) is 9.31. The molecule has 5 heteroatoms. The third-order valence-corrected chi connectivity index (χ3v) is 7.29. The summed E-state index contributed by atoms with van der Waals surface area (Å²) in [6.07, 6.45) is 5.56. The number of aliphatic hydroxyl groups excluding tert-OH is 1. The van der Waals surface area contributed by atoms with E-state index in [1.165, 1.54) is 41.2 Å². The number of fused-ring (bicyclic) bond motifs is 3. The number of nitrogens with zero attached hydrogens (tertiary/aromatic N) is 3. The molecule has 0 spiro atoms. The highest BCUT2D eigenvalue weighted by atomic mass is 16.3. The Morgan fingerprint density at radius 3 is 2.56 bits per heavy atom. The van der Waals surface area contributed by atoms with Gasteiger partial charge in [-0.15, -0.1) is 0 Å². The molecule has 1 fully saturated rings. The molecular weight excluding hydrogens is 422 g/mol. The molecule has 1 saturated carbocycles. The van der Waals surface area contributed by atoms with Crippen molar-refractivity contribution in [3.05, 3.63) is 95.1 Å². The fourth-order valence-electron chi connectivity index (χ4n) is 5.66. The van der Waals surface area contributed by atoms with E-state index in [1.54, 1.807) is 0 Å². The van der Waals surface area contributed by atoms with Gasteiger partial charge in [0.2, 0.25) is 0 Å². The second-order valence-electron chi connectivity index (χ2n) is 9.31. The largest absolute Gasteiger partial charge is 0.392 e. The molecule has 2 heterocycles. The molecule has 34 heavy (non-hydrogen) atoms. The van der Waals surface area contributed by atoms with Gasteiger partial charge in [-0.3, -0.25) is 4.79 Å². The maximum Gasteiger partial charge on any atom is 0.280 e. The van der Waals surface area contributed by atoms with Crippen LogP contribution in [0.2, 0.25) is 0 Å². The molecule has 6 rings (SSSR count). The maximum absolute atomic E-state index is 13.1. The Balaban J connectivity index is 1.34. The Kier molecular flexibility index (Phi) is 5.07. The minimum atomic E-state index is -0.0893. The molecule has 2 aliphatic heterocycles. The summed E-state index contributed by atoms with van der Waals surface area (Å²) in [5.74, 6) is 0.411. The van der Waals surface area contributed by atoms with Gasteiger partial charge in [-0.05, 0) is 78.9 Å². The topological polar surface area (TPSA) is 56.1 Å². The Morgan fingerprint density at radius 1 is 1.00 bits per heavy atom. The minimum Gasteiger partial charge on any atom is -0.392 e. The van der Waals surface area contributed by atoms with Gasteiger partial charge in [-0.25, -0.2) is 0 Å². The van der Waals surface area contributed by atoms with Crippen LogP contribution >= 0.6 is 0 Å². The van der Waals surface area contributed by atoms with Crippen LogP contribution < -0.4 is 9.91 Å². The number of hydrogen-bond donors (Lipinski definition) is 1. The van der Waals surface area contributed by atoms with Crippen molar-refractivity contribution in [1.29, 1.82) is 0 Å². The number of hydrazone groups is 1. The van der Waals surface area contributed by atoms with Crippen LogP contribution in [-0.2, 0) is 11.4 Å². The number of carbonyl (C=O) groups excluding carboxylic acids is 1. The van der Waals surface area contributed by atoms with E-state index in [0.717, 1.165) is 22.5 Å². The summed E-state index contributed by atoms with van der Waals surface area (Å²) in [7, 11) is 0. The quantitative estimate of drug-likeness (QED) is 0.514. The van der Waals surface area contributed by atoms with Crippen LogP contribution in [0.1, 0.15) is 48.8 Å². The van der Waals surface area contributed by atoms with Crippen molar-refractivity contribution in [3.8, 4) is 0 Å². The number of aliphatic hydroxyl groups is 1. The van der Waals surface area contributed by atoms with Crippen molar-refractivity contribution in [3.63, 3.8) is 0 Å².